The van der Waals surface area contributed by atoms with E-state index in [0.29, 0.717) is 12.3 Å². The largest absolute Gasteiger partial charge is 0.494 e. The van der Waals surface area contributed by atoms with Crippen LogP contribution in [0, 0.1) is 0 Å². The number of benzene rings is 1. The number of rotatable bonds is 5. The van der Waals surface area contributed by atoms with E-state index in [1.165, 1.54) is 0 Å². The number of ether oxygens (including phenoxy) is 2. The van der Waals surface area contributed by atoms with Crippen molar-refractivity contribution in [3.05, 3.63) is 29.8 Å². The molecule has 6 heteroatoms. The van der Waals surface area contributed by atoms with Crippen molar-refractivity contribution in [2.75, 3.05) is 13.2 Å². The summed E-state index contributed by atoms with van der Waals surface area (Å²) >= 11 is 0. The van der Waals surface area contributed by atoms with E-state index in [2.05, 4.69) is 15.3 Å². The Hall–Kier alpha value is -2.37. The molecule has 0 saturated heterocycles. The van der Waals surface area contributed by atoms with E-state index < -0.39 is 11.9 Å². The highest BCUT2D eigenvalue weighted by Gasteiger charge is 2.13. The van der Waals surface area contributed by atoms with Crippen molar-refractivity contribution in [3.8, 4) is 5.75 Å². The highest BCUT2D eigenvalue weighted by molar-refractivity contribution is 6.32. The average Bonchev–Trinajstić information content (AvgIpc) is 2.45. The monoisotopic (exact) mass is 278 g/mol. The summed E-state index contributed by atoms with van der Waals surface area (Å²) in [6.45, 7) is 6.00. The van der Waals surface area contributed by atoms with Gasteiger partial charge in [-0.2, -0.15) is 5.10 Å². The molecule has 1 N–H and O–H groups in total. The van der Waals surface area contributed by atoms with Gasteiger partial charge in [0.15, 0.2) is 0 Å². The highest BCUT2D eigenvalue weighted by Crippen LogP contribution is 2.12. The summed E-state index contributed by atoms with van der Waals surface area (Å²) in [5.41, 5.74) is 3.54. The molecule has 1 aromatic carbocycles. The molecule has 0 heterocycles. The fourth-order valence-corrected chi connectivity index (χ4v) is 1.40. The number of carbonyl (C=O) groups excluding carboxylic acids is 2. The molecule has 6 nitrogen and oxygen atoms in total. The smallest absolute Gasteiger partial charge is 0.398 e. The van der Waals surface area contributed by atoms with Gasteiger partial charge in [0.1, 0.15) is 5.75 Å². The summed E-state index contributed by atoms with van der Waals surface area (Å²) in [5, 5.41) is 3.85. The number of hydrogen-bond donors (Lipinski definition) is 1. The van der Waals surface area contributed by atoms with Crippen molar-refractivity contribution in [2.45, 2.75) is 20.8 Å². The average molecular weight is 278 g/mol. The molecule has 0 spiro atoms. The first-order chi connectivity index (χ1) is 9.58. The van der Waals surface area contributed by atoms with E-state index in [-0.39, 0.29) is 6.61 Å². The van der Waals surface area contributed by atoms with Crippen molar-refractivity contribution >= 4 is 17.6 Å². The van der Waals surface area contributed by atoms with Crippen LogP contribution in [0.2, 0.25) is 0 Å². The van der Waals surface area contributed by atoms with Crippen LogP contribution in [-0.2, 0) is 14.3 Å². The normalized spacial score (nSPS) is 10.8. The van der Waals surface area contributed by atoms with E-state index in [4.69, 9.17) is 4.74 Å². The van der Waals surface area contributed by atoms with Crippen LogP contribution in [0.5, 0.6) is 5.75 Å². The maximum atomic E-state index is 11.3. The van der Waals surface area contributed by atoms with Crippen molar-refractivity contribution < 1.29 is 19.1 Å². The van der Waals surface area contributed by atoms with Gasteiger partial charge in [-0.25, -0.2) is 10.2 Å². The third-order valence-electron chi connectivity index (χ3n) is 2.37. The van der Waals surface area contributed by atoms with E-state index in [9.17, 15) is 9.59 Å². The minimum Gasteiger partial charge on any atom is -0.494 e. The number of carbonyl (C=O) groups is 2. The van der Waals surface area contributed by atoms with Gasteiger partial charge in [-0.1, -0.05) is 0 Å². The van der Waals surface area contributed by atoms with E-state index in [1.54, 1.807) is 13.8 Å². The lowest BCUT2D eigenvalue weighted by Gasteiger charge is -2.05. The van der Waals surface area contributed by atoms with Gasteiger partial charge in [-0.15, -0.1) is 0 Å². The minimum absolute atomic E-state index is 0.147. The van der Waals surface area contributed by atoms with Crippen LogP contribution in [-0.4, -0.2) is 30.8 Å². The molecule has 1 aromatic rings. The first-order valence-corrected chi connectivity index (χ1v) is 6.33. The van der Waals surface area contributed by atoms with Gasteiger partial charge in [0.05, 0.1) is 18.9 Å². The SMILES string of the molecule is CCOC(=O)C(=O)NN=C(C)c1ccc(OCC)cc1. The molecule has 108 valence electrons. The molecule has 0 unspecified atom stereocenters. The van der Waals surface area contributed by atoms with E-state index in [1.807, 2.05) is 31.2 Å². The van der Waals surface area contributed by atoms with Crippen molar-refractivity contribution in [3.63, 3.8) is 0 Å². The van der Waals surface area contributed by atoms with E-state index >= 15 is 0 Å². The summed E-state index contributed by atoms with van der Waals surface area (Å²) in [7, 11) is 0. The van der Waals surface area contributed by atoms with Gasteiger partial charge in [-0.05, 0) is 50.6 Å². The first kappa shape index (κ1) is 15.7. The fraction of sp³-hybridized carbons (Fsp3) is 0.357. The number of amides is 1. The lowest BCUT2D eigenvalue weighted by molar-refractivity contribution is -0.154. The zero-order valence-corrected chi connectivity index (χ0v) is 11.8. The van der Waals surface area contributed by atoms with Crippen molar-refractivity contribution in [2.24, 2.45) is 5.10 Å². The Morgan fingerprint density at radius 2 is 1.80 bits per heavy atom. The second-order valence-corrected chi connectivity index (χ2v) is 3.82. The lowest BCUT2D eigenvalue weighted by atomic mass is 10.1. The third-order valence-corrected chi connectivity index (χ3v) is 2.37. The summed E-state index contributed by atoms with van der Waals surface area (Å²) in [6.07, 6.45) is 0. The third kappa shape index (κ3) is 4.72. The van der Waals surface area contributed by atoms with Crippen LogP contribution in [0.1, 0.15) is 26.3 Å². The maximum absolute atomic E-state index is 11.3. The standard InChI is InChI=1S/C14H18N2O4/c1-4-19-12-8-6-11(7-9-12)10(3)15-16-13(17)14(18)20-5-2/h6-9H,4-5H2,1-3H3,(H,16,17). The predicted molar refractivity (Wildman–Crippen MR) is 74.6 cm³/mol. The Morgan fingerprint density at radius 1 is 1.15 bits per heavy atom. The zero-order chi connectivity index (χ0) is 15.0. The molecule has 0 fully saturated rings. The Balaban J connectivity index is 2.64. The molecule has 0 aromatic heterocycles. The Labute approximate surface area is 117 Å². The van der Waals surface area contributed by atoms with Crippen molar-refractivity contribution in [1.29, 1.82) is 0 Å². The summed E-state index contributed by atoms with van der Waals surface area (Å²) in [6, 6.07) is 7.26. The molecule has 0 saturated carbocycles. The molecular weight excluding hydrogens is 260 g/mol. The predicted octanol–water partition coefficient (Wildman–Crippen LogP) is 1.49. The fourth-order valence-electron chi connectivity index (χ4n) is 1.40. The summed E-state index contributed by atoms with van der Waals surface area (Å²) in [4.78, 5) is 22.4. The zero-order valence-electron chi connectivity index (χ0n) is 11.8. The van der Waals surface area contributed by atoms with Crippen LogP contribution in [0.4, 0.5) is 0 Å². The molecule has 1 rings (SSSR count). The summed E-state index contributed by atoms with van der Waals surface area (Å²) < 4.78 is 9.87. The number of nitrogens with zero attached hydrogens (tertiary/aromatic N) is 1. The molecule has 0 atom stereocenters. The Morgan fingerprint density at radius 3 is 2.35 bits per heavy atom. The molecule has 0 aliphatic carbocycles. The van der Waals surface area contributed by atoms with Gasteiger partial charge >= 0.3 is 11.9 Å². The summed E-state index contributed by atoms with van der Waals surface area (Å²) in [5.74, 6) is -1.08. The number of hydrazone groups is 1. The van der Waals surface area contributed by atoms with Crippen LogP contribution in [0.3, 0.4) is 0 Å². The molecule has 0 aliphatic heterocycles. The van der Waals surface area contributed by atoms with Crippen LogP contribution in [0.25, 0.3) is 0 Å². The topological polar surface area (TPSA) is 77.0 Å². The molecule has 1 amide bonds. The quantitative estimate of drug-likeness (QED) is 0.383. The van der Waals surface area contributed by atoms with Crippen LogP contribution >= 0.6 is 0 Å². The Kier molecular flexibility index (Phi) is 6.22. The Bertz CT molecular complexity index is 494. The van der Waals surface area contributed by atoms with Gasteiger partial charge < -0.3 is 9.47 Å². The highest BCUT2D eigenvalue weighted by atomic mass is 16.5. The molecule has 0 bridgehead atoms. The maximum Gasteiger partial charge on any atom is 0.398 e. The minimum atomic E-state index is -0.948. The number of esters is 1. The number of nitrogens with one attached hydrogen (secondary N) is 1. The molecule has 0 radical (unpaired) electrons. The molecular formula is C14H18N2O4. The first-order valence-electron chi connectivity index (χ1n) is 6.33. The lowest BCUT2D eigenvalue weighted by Crippen LogP contribution is -2.29. The van der Waals surface area contributed by atoms with Gasteiger partial charge in [0.2, 0.25) is 0 Å². The molecule has 20 heavy (non-hydrogen) atoms. The second kappa shape index (κ2) is 7.93. The molecule has 0 aliphatic rings. The second-order valence-electron chi connectivity index (χ2n) is 3.82. The number of hydrogen-bond acceptors (Lipinski definition) is 5. The van der Waals surface area contributed by atoms with Gasteiger partial charge in [0.25, 0.3) is 0 Å². The van der Waals surface area contributed by atoms with Crippen LogP contribution in [0.15, 0.2) is 29.4 Å². The van der Waals surface area contributed by atoms with Gasteiger partial charge in [0, 0.05) is 0 Å². The van der Waals surface area contributed by atoms with E-state index in [0.717, 1.165) is 11.3 Å². The van der Waals surface area contributed by atoms with Crippen LogP contribution < -0.4 is 10.2 Å². The van der Waals surface area contributed by atoms with Crippen molar-refractivity contribution in [1.82, 2.24) is 5.43 Å². The van der Waals surface area contributed by atoms with Gasteiger partial charge in [-0.3, -0.25) is 4.79 Å².